The lowest BCUT2D eigenvalue weighted by Crippen LogP contribution is -2.24. The molecule has 0 aromatic heterocycles. The van der Waals surface area contributed by atoms with Crippen LogP contribution in [0.15, 0.2) is 21.0 Å². The third kappa shape index (κ3) is 2.41. The van der Waals surface area contributed by atoms with Crippen molar-refractivity contribution in [3.8, 4) is 0 Å². The van der Waals surface area contributed by atoms with Crippen LogP contribution in [0.25, 0.3) is 0 Å². The quantitative estimate of drug-likeness (QED) is 0.787. The second kappa shape index (κ2) is 5.19. The van der Waals surface area contributed by atoms with Gasteiger partial charge in [0.05, 0.1) is 5.71 Å². The Labute approximate surface area is 103 Å². The molecule has 1 rings (SSSR count). The third-order valence-corrected chi connectivity index (χ3v) is 4.96. The molecule has 0 spiro atoms. The molecule has 0 aromatic rings. The van der Waals surface area contributed by atoms with Gasteiger partial charge in [0.2, 0.25) is 0 Å². The molecule has 0 unspecified atom stereocenters. The van der Waals surface area contributed by atoms with Crippen molar-refractivity contribution in [2.24, 2.45) is 11.7 Å². The molecule has 0 saturated carbocycles. The topological polar surface area (TPSA) is 49.9 Å². The Morgan fingerprint density at radius 2 is 2.00 bits per heavy atom. The summed E-state index contributed by atoms with van der Waals surface area (Å²) in [6.45, 7) is 10.5. The molecule has 1 aliphatic heterocycles. The zero-order valence-electron chi connectivity index (χ0n) is 10.8. The molecule has 16 heavy (non-hydrogen) atoms. The molecule has 0 aliphatic carbocycles. The van der Waals surface area contributed by atoms with Crippen molar-refractivity contribution < 1.29 is 0 Å². The van der Waals surface area contributed by atoms with Crippen LogP contribution >= 0.6 is 11.8 Å². The average Bonchev–Trinajstić information content (AvgIpc) is 2.54. The summed E-state index contributed by atoms with van der Waals surface area (Å²) in [4.78, 5) is 2.42. The molecule has 1 aliphatic rings. The Morgan fingerprint density at radius 3 is 2.44 bits per heavy atom. The van der Waals surface area contributed by atoms with E-state index >= 15 is 0 Å². The number of hydrogen-bond donors (Lipinski definition) is 2. The Balaban J connectivity index is 3.05. The van der Waals surface area contributed by atoms with Crippen LogP contribution in [0.4, 0.5) is 0 Å². The predicted octanol–water partition coefficient (Wildman–Crippen LogP) is 3.69. The first kappa shape index (κ1) is 13.5. The maximum Gasteiger partial charge on any atom is 0.0715 e. The van der Waals surface area contributed by atoms with Crippen molar-refractivity contribution in [3.63, 3.8) is 0 Å². The maximum atomic E-state index is 8.13. The van der Waals surface area contributed by atoms with Crippen molar-refractivity contribution in [3.05, 3.63) is 21.0 Å². The first-order valence-corrected chi connectivity index (χ1v) is 6.65. The normalized spacial score (nSPS) is 23.8. The van der Waals surface area contributed by atoms with Gasteiger partial charge in [0.15, 0.2) is 0 Å². The summed E-state index contributed by atoms with van der Waals surface area (Å²) in [6.07, 6.45) is 1.01. The molecule has 0 bridgehead atoms. The molecular weight excluding hydrogens is 216 g/mol. The fraction of sp³-hybridized carbons (Fsp3) is 0.615. The molecule has 2 atom stereocenters. The summed E-state index contributed by atoms with van der Waals surface area (Å²) in [5.74, 6) is 0.340. The zero-order chi connectivity index (χ0) is 12.5. The van der Waals surface area contributed by atoms with Gasteiger partial charge in [0.25, 0.3) is 0 Å². The van der Waals surface area contributed by atoms with E-state index in [0.29, 0.717) is 11.6 Å². The van der Waals surface area contributed by atoms with E-state index in [1.54, 1.807) is 11.8 Å². The van der Waals surface area contributed by atoms with Crippen LogP contribution in [-0.2, 0) is 0 Å². The fourth-order valence-corrected chi connectivity index (χ4v) is 3.11. The number of nitrogens with one attached hydrogen (secondary N) is 1. The van der Waals surface area contributed by atoms with E-state index < -0.39 is 0 Å². The van der Waals surface area contributed by atoms with E-state index in [2.05, 4.69) is 20.8 Å². The summed E-state index contributed by atoms with van der Waals surface area (Å²) in [7, 11) is 0. The smallest absolute Gasteiger partial charge is 0.0715 e. The first-order chi connectivity index (χ1) is 7.40. The molecule has 3 N–H and O–H groups in total. The van der Waals surface area contributed by atoms with Gasteiger partial charge in [-0.05, 0) is 37.7 Å². The van der Waals surface area contributed by atoms with Crippen molar-refractivity contribution in [2.75, 3.05) is 0 Å². The average molecular weight is 238 g/mol. The van der Waals surface area contributed by atoms with Crippen LogP contribution in [0.1, 0.15) is 41.0 Å². The second-order valence-corrected chi connectivity index (χ2v) is 5.63. The van der Waals surface area contributed by atoms with Crippen LogP contribution in [0.2, 0.25) is 0 Å². The van der Waals surface area contributed by atoms with Gasteiger partial charge >= 0.3 is 0 Å². The minimum absolute atomic E-state index is 0.145. The van der Waals surface area contributed by atoms with Crippen LogP contribution in [-0.4, -0.2) is 11.8 Å². The van der Waals surface area contributed by atoms with Gasteiger partial charge in [-0.2, -0.15) is 0 Å². The van der Waals surface area contributed by atoms with Gasteiger partial charge in [0.1, 0.15) is 0 Å². The molecule has 0 saturated heterocycles. The van der Waals surface area contributed by atoms with E-state index in [0.717, 1.165) is 16.9 Å². The van der Waals surface area contributed by atoms with Crippen LogP contribution in [0.5, 0.6) is 0 Å². The lowest BCUT2D eigenvalue weighted by Gasteiger charge is -2.17. The molecule has 0 fully saturated rings. The van der Waals surface area contributed by atoms with Gasteiger partial charge < -0.3 is 5.73 Å². The lowest BCUT2D eigenvalue weighted by atomic mass is 9.98. The summed E-state index contributed by atoms with van der Waals surface area (Å²) >= 11 is 1.75. The van der Waals surface area contributed by atoms with E-state index in [1.807, 2.05) is 13.8 Å². The number of nitrogens with two attached hydrogens (primary N) is 1. The van der Waals surface area contributed by atoms with Crippen LogP contribution in [0.3, 0.4) is 0 Å². The lowest BCUT2D eigenvalue weighted by molar-refractivity contribution is 0.573. The SMILES string of the molecule is CC/C(C)=C1/SC([C@H](C)[C@@H](C)N)=C(C)C1=N. The van der Waals surface area contributed by atoms with Crippen molar-refractivity contribution >= 4 is 17.5 Å². The van der Waals surface area contributed by atoms with Crippen molar-refractivity contribution in [1.29, 1.82) is 5.41 Å². The highest BCUT2D eigenvalue weighted by Gasteiger charge is 2.28. The van der Waals surface area contributed by atoms with Gasteiger partial charge in [-0.1, -0.05) is 31.2 Å². The summed E-state index contributed by atoms with van der Waals surface area (Å²) < 4.78 is 0. The second-order valence-electron chi connectivity index (χ2n) is 4.58. The minimum Gasteiger partial charge on any atom is -0.327 e. The predicted molar refractivity (Wildman–Crippen MR) is 73.8 cm³/mol. The first-order valence-electron chi connectivity index (χ1n) is 5.83. The monoisotopic (exact) mass is 238 g/mol. The Morgan fingerprint density at radius 1 is 1.44 bits per heavy atom. The van der Waals surface area contributed by atoms with Gasteiger partial charge in [-0.3, -0.25) is 5.41 Å². The highest BCUT2D eigenvalue weighted by atomic mass is 32.2. The molecule has 0 aromatic carbocycles. The van der Waals surface area contributed by atoms with Gasteiger partial charge in [-0.15, -0.1) is 0 Å². The van der Waals surface area contributed by atoms with E-state index in [-0.39, 0.29) is 6.04 Å². The molecule has 0 amide bonds. The number of thioether (sulfide) groups is 1. The fourth-order valence-electron chi connectivity index (χ4n) is 1.67. The Hall–Kier alpha value is -0.540. The maximum absolute atomic E-state index is 8.13. The van der Waals surface area contributed by atoms with Crippen molar-refractivity contribution in [2.45, 2.75) is 47.1 Å². The van der Waals surface area contributed by atoms with Crippen LogP contribution < -0.4 is 5.73 Å². The largest absolute Gasteiger partial charge is 0.327 e. The standard InChI is InChI=1S/C13H22N2S/c1-6-7(2)12-11(15)9(4)13(16-12)8(3)10(5)14/h8,10,15H,6,14H2,1-5H3/b12-7+,15-11?/t8-,10-/m1/s1. The zero-order valence-corrected chi connectivity index (χ0v) is 11.7. The molecule has 3 heteroatoms. The minimum atomic E-state index is 0.145. The summed E-state index contributed by atoms with van der Waals surface area (Å²) in [5, 5.41) is 8.13. The highest BCUT2D eigenvalue weighted by molar-refractivity contribution is 8.08. The molecule has 1 heterocycles. The third-order valence-electron chi connectivity index (χ3n) is 3.30. The molecular formula is C13H22N2S. The number of hydrogen-bond acceptors (Lipinski definition) is 3. The van der Waals surface area contributed by atoms with E-state index in [4.69, 9.17) is 11.1 Å². The molecule has 0 radical (unpaired) electrons. The van der Waals surface area contributed by atoms with Crippen LogP contribution in [0, 0.1) is 11.3 Å². The summed E-state index contributed by atoms with van der Waals surface area (Å²) in [6, 6.07) is 0.145. The Bertz CT molecular complexity index is 364. The van der Waals surface area contributed by atoms with Gasteiger partial charge in [0, 0.05) is 16.9 Å². The van der Waals surface area contributed by atoms with Crippen molar-refractivity contribution in [1.82, 2.24) is 0 Å². The Kier molecular flexibility index (Phi) is 4.39. The molecule has 90 valence electrons. The number of rotatable bonds is 3. The summed E-state index contributed by atoms with van der Waals surface area (Å²) in [5.41, 5.74) is 9.06. The van der Waals surface area contributed by atoms with Gasteiger partial charge in [-0.25, -0.2) is 0 Å². The van der Waals surface area contributed by atoms with E-state index in [1.165, 1.54) is 10.5 Å². The number of allylic oxidation sites excluding steroid dienone is 3. The highest BCUT2D eigenvalue weighted by Crippen LogP contribution is 2.44. The molecule has 2 nitrogen and oxygen atoms in total. The van der Waals surface area contributed by atoms with E-state index in [9.17, 15) is 0 Å².